The Morgan fingerprint density at radius 1 is 0.900 bits per heavy atom. The Labute approximate surface area is 172 Å². The van der Waals surface area contributed by atoms with Crippen molar-refractivity contribution in [3.05, 3.63) is 94.8 Å². The molecule has 1 amide bonds. The minimum atomic E-state index is -0.345. The normalized spacial score (nSPS) is 10.7. The number of amides is 1. The molecule has 0 atom stereocenters. The van der Waals surface area contributed by atoms with Gasteiger partial charge in [0.25, 0.3) is 5.56 Å². The van der Waals surface area contributed by atoms with Gasteiger partial charge in [-0.05, 0) is 41.1 Å². The zero-order chi connectivity index (χ0) is 21.1. The molecule has 0 saturated carbocycles. The maximum absolute atomic E-state index is 12.7. The number of rotatable bonds is 5. The van der Waals surface area contributed by atoms with Crippen LogP contribution in [0.25, 0.3) is 22.0 Å². The summed E-state index contributed by atoms with van der Waals surface area (Å²) in [6.07, 6.45) is 0. The second-order valence-electron chi connectivity index (χ2n) is 6.92. The first-order chi connectivity index (χ1) is 14.5. The molecule has 148 valence electrons. The van der Waals surface area contributed by atoms with Gasteiger partial charge in [-0.1, -0.05) is 42.5 Å². The van der Waals surface area contributed by atoms with E-state index in [-0.39, 0.29) is 23.8 Å². The van der Waals surface area contributed by atoms with Gasteiger partial charge in [-0.25, -0.2) is 4.68 Å². The van der Waals surface area contributed by atoms with Gasteiger partial charge in [-0.3, -0.25) is 14.4 Å². The van der Waals surface area contributed by atoms with Gasteiger partial charge in [0.15, 0.2) is 5.78 Å². The van der Waals surface area contributed by atoms with Gasteiger partial charge in [0, 0.05) is 29.8 Å². The highest BCUT2D eigenvalue weighted by Gasteiger charge is 2.12. The molecule has 0 unspecified atom stereocenters. The molecule has 3 aromatic carbocycles. The summed E-state index contributed by atoms with van der Waals surface area (Å²) in [5, 5.41) is 9.19. The monoisotopic (exact) mass is 397 g/mol. The lowest BCUT2D eigenvalue weighted by atomic mass is 10.0. The van der Waals surface area contributed by atoms with Crippen molar-refractivity contribution in [2.24, 2.45) is 0 Å². The lowest BCUT2D eigenvalue weighted by molar-refractivity contribution is -0.114. The van der Waals surface area contributed by atoms with E-state index in [1.807, 2.05) is 42.5 Å². The van der Waals surface area contributed by atoms with E-state index < -0.39 is 0 Å². The van der Waals surface area contributed by atoms with Crippen molar-refractivity contribution in [3.63, 3.8) is 0 Å². The summed E-state index contributed by atoms with van der Waals surface area (Å²) < 4.78 is 1.18. The number of carbonyl (C=O) groups is 2. The average molecular weight is 397 g/mol. The summed E-state index contributed by atoms with van der Waals surface area (Å²) >= 11 is 0. The Morgan fingerprint density at radius 2 is 1.63 bits per heavy atom. The number of nitrogens with one attached hydrogen (secondary N) is 1. The standard InChI is InChI=1S/C24H19N3O3/c1-16(28)25-19-11-9-18(10-12-19)23(29)15-27-24(30)14-13-22(26-27)21-8-4-6-17-5-2-3-7-20(17)21/h2-14H,15H2,1H3,(H,25,28). The number of benzene rings is 3. The fraction of sp³-hybridized carbons (Fsp3) is 0.0833. The molecule has 0 aliphatic heterocycles. The summed E-state index contributed by atoms with van der Waals surface area (Å²) in [5.41, 5.74) is 2.22. The first kappa shape index (κ1) is 19.3. The molecule has 4 aromatic rings. The number of hydrogen-bond acceptors (Lipinski definition) is 4. The van der Waals surface area contributed by atoms with Gasteiger partial charge < -0.3 is 5.32 Å². The van der Waals surface area contributed by atoms with Crippen LogP contribution in [-0.4, -0.2) is 21.5 Å². The predicted octanol–water partition coefficient (Wildman–Crippen LogP) is 3.90. The van der Waals surface area contributed by atoms with Crippen LogP contribution in [0.3, 0.4) is 0 Å². The third-order valence-corrected chi connectivity index (χ3v) is 4.75. The highest BCUT2D eigenvalue weighted by molar-refractivity contribution is 5.97. The molecule has 6 heteroatoms. The average Bonchev–Trinajstić information content (AvgIpc) is 2.75. The molecule has 30 heavy (non-hydrogen) atoms. The van der Waals surface area contributed by atoms with Crippen LogP contribution in [0.5, 0.6) is 0 Å². The van der Waals surface area contributed by atoms with Crippen molar-refractivity contribution >= 4 is 28.2 Å². The van der Waals surface area contributed by atoms with E-state index in [0.717, 1.165) is 16.3 Å². The number of anilines is 1. The number of carbonyl (C=O) groups excluding carboxylic acids is 2. The minimum absolute atomic E-state index is 0.170. The Kier molecular flexibility index (Phi) is 5.22. The third-order valence-electron chi connectivity index (χ3n) is 4.75. The van der Waals surface area contributed by atoms with Crippen molar-refractivity contribution in [1.29, 1.82) is 0 Å². The number of ketones is 1. The third kappa shape index (κ3) is 4.03. The molecule has 1 heterocycles. The largest absolute Gasteiger partial charge is 0.326 e. The lowest BCUT2D eigenvalue weighted by Gasteiger charge is -2.09. The summed E-state index contributed by atoms with van der Waals surface area (Å²) in [4.78, 5) is 36.1. The molecule has 6 nitrogen and oxygen atoms in total. The molecule has 1 N–H and O–H groups in total. The van der Waals surface area contributed by atoms with E-state index in [0.29, 0.717) is 16.9 Å². The van der Waals surface area contributed by atoms with E-state index in [4.69, 9.17) is 0 Å². The Morgan fingerprint density at radius 3 is 2.40 bits per heavy atom. The van der Waals surface area contributed by atoms with Crippen LogP contribution in [0.4, 0.5) is 5.69 Å². The molecule has 0 radical (unpaired) electrons. The van der Waals surface area contributed by atoms with E-state index in [2.05, 4.69) is 10.4 Å². The van der Waals surface area contributed by atoms with Crippen LogP contribution in [-0.2, 0) is 11.3 Å². The predicted molar refractivity (Wildman–Crippen MR) is 117 cm³/mol. The Hall–Kier alpha value is -4.06. The SMILES string of the molecule is CC(=O)Nc1ccc(C(=O)Cn2nc(-c3cccc4ccccc34)ccc2=O)cc1. The van der Waals surface area contributed by atoms with Gasteiger partial charge in [-0.15, -0.1) is 0 Å². The van der Waals surface area contributed by atoms with E-state index in [1.54, 1.807) is 30.3 Å². The Balaban J connectivity index is 1.63. The molecule has 1 aromatic heterocycles. The number of Topliss-reactive ketones (excluding diaryl/α,β-unsaturated/α-hetero) is 1. The molecule has 0 saturated heterocycles. The van der Waals surface area contributed by atoms with E-state index in [1.165, 1.54) is 17.7 Å². The molecular formula is C24H19N3O3. The van der Waals surface area contributed by atoms with Crippen LogP contribution in [0.15, 0.2) is 83.7 Å². The van der Waals surface area contributed by atoms with Gasteiger partial charge >= 0.3 is 0 Å². The summed E-state index contributed by atoms with van der Waals surface area (Å²) in [5.74, 6) is -0.427. The molecule has 4 rings (SSSR count). The Bertz CT molecular complexity index is 1300. The number of nitrogens with zero attached hydrogens (tertiary/aromatic N) is 2. The van der Waals surface area contributed by atoms with Crippen molar-refractivity contribution in [2.75, 3.05) is 5.32 Å². The highest BCUT2D eigenvalue weighted by atomic mass is 16.2. The van der Waals surface area contributed by atoms with Crippen LogP contribution in [0.1, 0.15) is 17.3 Å². The maximum atomic E-state index is 12.7. The lowest BCUT2D eigenvalue weighted by Crippen LogP contribution is -2.26. The molecule has 0 aliphatic carbocycles. The van der Waals surface area contributed by atoms with Crippen molar-refractivity contribution in [1.82, 2.24) is 9.78 Å². The van der Waals surface area contributed by atoms with Crippen LogP contribution < -0.4 is 10.9 Å². The van der Waals surface area contributed by atoms with Crippen LogP contribution in [0, 0.1) is 0 Å². The van der Waals surface area contributed by atoms with Crippen LogP contribution >= 0.6 is 0 Å². The van der Waals surface area contributed by atoms with Gasteiger partial charge in [0.1, 0.15) is 6.54 Å². The van der Waals surface area contributed by atoms with Gasteiger partial charge in [0.2, 0.25) is 5.91 Å². The summed E-state index contributed by atoms with van der Waals surface area (Å²) in [6, 6.07) is 23.5. The smallest absolute Gasteiger partial charge is 0.267 e. The first-order valence-corrected chi connectivity index (χ1v) is 9.48. The fourth-order valence-electron chi connectivity index (χ4n) is 3.32. The zero-order valence-corrected chi connectivity index (χ0v) is 16.3. The molecular weight excluding hydrogens is 378 g/mol. The fourth-order valence-corrected chi connectivity index (χ4v) is 3.32. The second kappa shape index (κ2) is 8.13. The number of fused-ring (bicyclic) bond motifs is 1. The van der Waals surface area contributed by atoms with Crippen molar-refractivity contribution in [3.8, 4) is 11.3 Å². The van der Waals surface area contributed by atoms with Crippen LogP contribution in [0.2, 0.25) is 0 Å². The molecule has 0 bridgehead atoms. The molecule has 0 aliphatic rings. The quantitative estimate of drug-likeness (QED) is 0.518. The summed E-state index contributed by atoms with van der Waals surface area (Å²) in [6.45, 7) is 1.25. The second-order valence-corrected chi connectivity index (χ2v) is 6.92. The number of aromatic nitrogens is 2. The first-order valence-electron chi connectivity index (χ1n) is 9.48. The number of hydrogen-bond donors (Lipinski definition) is 1. The van der Waals surface area contributed by atoms with Gasteiger partial charge in [-0.2, -0.15) is 5.10 Å². The van der Waals surface area contributed by atoms with Crippen molar-refractivity contribution < 1.29 is 9.59 Å². The van der Waals surface area contributed by atoms with E-state index >= 15 is 0 Å². The maximum Gasteiger partial charge on any atom is 0.267 e. The molecule has 0 spiro atoms. The zero-order valence-electron chi connectivity index (χ0n) is 16.3. The minimum Gasteiger partial charge on any atom is -0.326 e. The summed E-state index contributed by atoms with van der Waals surface area (Å²) in [7, 11) is 0. The topological polar surface area (TPSA) is 81.1 Å². The highest BCUT2D eigenvalue weighted by Crippen LogP contribution is 2.26. The van der Waals surface area contributed by atoms with Gasteiger partial charge in [0.05, 0.1) is 5.69 Å². The van der Waals surface area contributed by atoms with E-state index in [9.17, 15) is 14.4 Å². The molecule has 0 fully saturated rings. The van der Waals surface area contributed by atoms with Crippen molar-refractivity contribution in [2.45, 2.75) is 13.5 Å².